The second kappa shape index (κ2) is 70.9. The number of aliphatic imine (C=N–C) groups is 1. The van der Waals surface area contributed by atoms with Crippen LogP contribution < -0.4 is 48.1 Å². The van der Waals surface area contributed by atoms with E-state index in [0.717, 1.165) is 139 Å². The quantitative estimate of drug-likeness (QED) is 0.00509. The van der Waals surface area contributed by atoms with Crippen molar-refractivity contribution in [2.24, 2.45) is 10.7 Å². The molecule has 143 heavy (non-hydrogen) atoms. The molecule has 34 heteroatoms. The Bertz CT molecular complexity index is 6460. The van der Waals surface area contributed by atoms with E-state index >= 15 is 0 Å². The molecule has 1 aliphatic heterocycles. The molecule has 1 amide bonds. The molecule has 758 valence electrons. The third kappa shape index (κ3) is 45.6. The molecule has 6 aromatic carbocycles. The van der Waals surface area contributed by atoms with Gasteiger partial charge in [0.25, 0.3) is 17.0 Å². The van der Waals surface area contributed by atoms with E-state index in [1.807, 2.05) is 183 Å². The number of halogens is 2. The maximum atomic E-state index is 12.2. The van der Waals surface area contributed by atoms with Gasteiger partial charge in [-0.3, -0.25) is 58.9 Å². The second-order valence-corrected chi connectivity index (χ2v) is 32.2. The summed E-state index contributed by atoms with van der Waals surface area (Å²) in [7, 11) is 8.39. The summed E-state index contributed by atoms with van der Waals surface area (Å²) in [5, 5.41) is 24.9. The maximum absolute atomic E-state index is 12.2. The van der Waals surface area contributed by atoms with Gasteiger partial charge in [-0.2, -0.15) is 6.42 Å². The van der Waals surface area contributed by atoms with Gasteiger partial charge in [0.15, 0.2) is 5.78 Å². The molecular weight excluding hydrogens is 1870 g/mol. The number of carboxylic acids is 2. The Morgan fingerprint density at radius 2 is 0.818 bits per heavy atom. The number of pyridine rings is 8. The number of methoxy groups -OCH3 is 4. The number of carboxylic acid groups (broad SMARTS) is 2. The monoisotopic (exact) mass is 2000 g/mol. The standard InChI is InChI=1S/C18H16N2O3.C17H14N2O3.C17H22N2.C13H13NO.C12H12N2O2.C10H7NO2.C7H10O4.C4H11N.C4H8O.C3H8O.C3H7.CH4.2ClH.Li.Mg.2H2O/c1-3-11-10-14(18(22)23-2)17(21)20-16(11)13-6-7-15-12(9-13)5-4-8-19-15;1-2-10-9-13(17(21)22)16(20)19-15(10)12-5-6-14-11(8-12)4-3-7-18-14;1-5-7-16(19-17(2,3)4)14-9-10-15-13(12-14)8-6-11-18-15;1-2-4-13(15)11-6-7-12-10(9-11)5-3-8-14-12;1-14(16-2)12(15)10-5-6-11-9(8-10)4-3-7-13-11;12-10(13)8-3-4-9-7(6-8)2-1-5-11-9;1-4-5(6(8)10-2)7(9)11-3;1-4(2,3)5;1-2-4-5-3-1;1-3-4-2;1-3-2;;;;;;;/h4-10H,3H2,1-2H3,(H,20,21);3-9H,2H2,1H3,(H,19,20)(H,21,22);6,8-12H,5,7H2,1-4H3;3,5-9H,2,4H2,1H3;3-8H,1-2H3;1-6H,(H,12,13);4H,1-3H3;5H2,1-3H3;1-4H2;3H2,1-2H3;1,3H2,2H3;1H4;2*1H;;;2*1H2/q;;;;;;;;;;-1;;;;+1;+2;;/p-3. The van der Waals surface area contributed by atoms with Gasteiger partial charge in [-0.1, -0.05) is 109 Å². The van der Waals surface area contributed by atoms with E-state index in [2.05, 4.69) is 118 Å². The molecule has 8 N–H and O–H groups in total. The SMILES string of the molecule is C.C1CCOC1.CC(C)(C)N.CC=C(C(=O)OC)C(=O)OC.CCCC(=NC(C)(C)C)c1ccc2ncccc2c1.CCCC(=O)c1ccc2ncccc2c1.CCOC.CCc1cc(C(=O)O)c(=O)[nH]c1-c1ccc2ncccc2c1.CCc1cc(C(=O)OC)c(=O)[nH]c1-c1ccc2ncccc2c1.CON(C)C(=O)c1ccc2ncccc2c1.Cl.O=C(O)c1ccc2ncccc2c1.[CH2-]CC.[Cl-].[Li+].[Mg+2].[OH-].[OH-]. The number of aromatic carboxylic acids is 2. The fourth-order valence-corrected chi connectivity index (χ4v) is 12.6. The minimum Gasteiger partial charge on any atom is -1.00 e. The number of nitrogens with one attached hydrogen (secondary N) is 2. The number of nitrogens with zero attached hydrogens (tertiary/aromatic N) is 8. The van der Waals surface area contributed by atoms with Gasteiger partial charge in [0.2, 0.25) is 0 Å². The topological polar surface area (TPSA) is 460 Å². The molecule has 0 radical (unpaired) electrons. The number of carbonyl (C=O) groups excluding carboxylic acids is 5. The molecule has 30 nitrogen and oxygen atoms in total. The molecule has 0 atom stereocenters. The summed E-state index contributed by atoms with van der Waals surface area (Å²) >= 11 is 0. The summed E-state index contributed by atoms with van der Waals surface area (Å²) in [4.78, 5) is 143. The van der Waals surface area contributed by atoms with Gasteiger partial charge in [0, 0.05) is 132 Å². The molecule has 0 aliphatic carbocycles. The Labute approximate surface area is 878 Å². The van der Waals surface area contributed by atoms with Crippen molar-refractivity contribution in [1.82, 2.24) is 44.9 Å². The summed E-state index contributed by atoms with van der Waals surface area (Å²) in [6, 6.07) is 59.9. The van der Waals surface area contributed by atoms with E-state index in [1.165, 1.54) is 75.1 Å². The number of hydroxylamine groups is 2. The van der Waals surface area contributed by atoms with Crippen LogP contribution in [-0.4, -0.2) is 210 Å². The first-order valence-electron chi connectivity index (χ1n) is 44.6. The summed E-state index contributed by atoms with van der Waals surface area (Å²) in [6.45, 7) is 32.3. The van der Waals surface area contributed by atoms with E-state index in [-0.39, 0.29) is 125 Å². The first kappa shape index (κ1) is 134. The van der Waals surface area contributed by atoms with E-state index in [0.29, 0.717) is 36.1 Å². The number of carbonyl (C=O) groups is 7. The largest absolute Gasteiger partial charge is 2.00 e. The third-order valence-corrected chi connectivity index (χ3v) is 19.2. The predicted octanol–water partition coefficient (Wildman–Crippen LogP) is 15.5. The molecule has 0 unspecified atom stereocenters. The number of ketones is 1. The maximum Gasteiger partial charge on any atom is 2.00 e. The third-order valence-electron chi connectivity index (χ3n) is 19.2. The summed E-state index contributed by atoms with van der Waals surface area (Å²) in [5.74, 6) is -4.08. The van der Waals surface area contributed by atoms with E-state index < -0.39 is 41.0 Å². The van der Waals surface area contributed by atoms with Crippen molar-refractivity contribution in [2.45, 2.75) is 166 Å². The Hall–Kier alpha value is -12.7. The number of rotatable bonds is 18. The number of nitrogens with two attached hydrogens (primary N) is 1. The number of Topliss-reactive ketones (excluding diaryl/α,β-unsaturated/α-hetero) is 1. The number of hydrogen-bond donors (Lipinski definition) is 5. The summed E-state index contributed by atoms with van der Waals surface area (Å²) < 4.78 is 22.8. The summed E-state index contributed by atoms with van der Waals surface area (Å²) in [5.41, 5.74) is 18.3. The number of aryl methyl sites for hydroxylation is 2. The number of ether oxygens (including phenoxy) is 5. The van der Waals surface area contributed by atoms with E-state index in [4.69, 9.17) is 30.5 Å². The number of allylic oxidation sites excluding steroid dienone is 1. The van der Waals surface area contributed by atoms with Crippen molar-refractivity contribution in [2.75, 3.05) is 62.4 Å². The van der Waals surface area contributed by atoms with Crippen LogP contribution in [0.3, 0.4) is 0 Å². The molecule has 1 saturated heterocycles. The number of fused-ring (bicyclic) bond motifs is 6. The van der Waals surface area contributed by atoms with Crippen molar-refractivity contribution in [1.29, 1.82) is 0 Å². The number of amides is 1. The van der Waals surface area contributed by atoms with Gasteiger partial charge in [-0.05, 0) is 261 Å². The molecule has 15 rings (SSSR count). The number of esters is 3. The van der Waals surface area contributed by atoms with E-state index in [9.17, 15) is 43.2 Å². The van der Waals surface area contributed by atoms with Crippen LogP contribution in [0, 0.1) is 6.92 Å². The molecular formula is C109H135Cl2LiMgN11O19-. The molecule has 8 aromatic heterocycles. The predicted molar refractivity (Wildman–Crippen MR) is 565 cm³/mol. The zero-order chi connectivity index (χ0) is 100. The first-order chi connectivity index (χ1) is 65.0. The van der Waals surface area contributed by atoms with Crippen molar-refractivity contribution in [3.05, 3.63) is 315 Å². The van der Waals surface area contributed by atoms with Crippen molar-refractivity contribution in [3.63, 3.8) is 0 Å². The number of aromatic amines is 2. The molecule has 9 heterocycles. The Balaban J connectivity index is -0.00000156. The Morgan fingerprint density at radius 3 is 1.13 bits per heavy atom. The number of hydrogen-bond acceptors (Lipinski definition) is 25. The van der Waals surface area contributed by atoms with Crippen molar-refractivity contribution < 1.29 is 115 Å². The Morgan fingerprint density at radius 1 is 0.497 bits per heavy atom. The Kier molecular flexibility index (Phi) is 66.6. The van der Waals surface area contributed by atoms with Crippen LogP contribution in [-0.2, 0) is 51.0 Å². The molecule has 1 aliphatic rings. The number of H-pyrrole nitrogens is 2. The number of aromatic nitrogens is 8. The molecule has 1 fully saturated rings. The average Bonchev–Trinajstić information content (AvgIpc) is 1.75. The minimum absolute atomic E-state index is 0. The second-order valence-electron chi connectivity index (χ2n) is 32.2. The zero-order valence-electron chi connectivity index (χ0n) is 84.8. The van der Waals surface area contributed by atoms with Crippen LogP contribution in [0.1, 0.15) is 211 Å². The average molecular weight is 2010 g/mol. The van der Waals surface area contributed by atoms with Gasteiger partial charge < -0.3 is 79.9 Å². The van der Waals surface area contributed by atoms with E-state index in [1.54, 1.807) is 94.5 Å². The molecule has 14 aromatic rings. The first-order valence-corrected chi connectivity index (χ1v) is 44.6. The van der Waals surface area contributed by atoms with Crippen LogP contribution in [0.4, 0.5) is 0 Å². The normalized spacial score (nSPS) is 10.5. The summed E-state index contributed by atoms with van der Waals surface area (Å²) in [6.07, 6.45) is 20.3. The van der Waals surface area contributed by atoms with Crippen LogP contribution in [0.2, 0.25) is 0 Å². The molecule has 0 bridgehead atoms. The smallest absolute Gasteiger partial charge is 1.00 e. The number of benzene rings is 6. The fraction of sp³-hybridized carbons (Fsp3) is 0.312. The van der Waals surface area contributed by atoms with Crippen LogP contribution >= 0.6 is 12.4 Å². The van der Waals surface area contributed by atoms with Crippen molar-refractivity contribution in [3.8, 4) is 22.5 Å². The van der Waals surface area contributed by atoms with Crippen LogP contribution in [0.5, 0.6) is 0 Å². The minimum atomic E-state index is -1.22. The van der Waals surface area contributed by atoms with Gasteiger partial charge in [-0.25, -0.2) is 29.0 Å². The van der Waals surface area contributed by atoms with Crippen LogP contribution in [0.25, 0.3) is 87.9 Å². The molecule has 0 spiro atoms. The van der Waals surface area contributed by atoms with Gasteiger partial charge in [-0.15, -0.1) is 12.4 Å². The fourth-order valence-electron chi connectivity index (χ4n) is 12.6. The van der Waals surface area contributed by atoms with Crippen molar-refractivity contribution >= 4 is 148 Å². The molecule has 0 saturated carbocycles. The van der Waals surface area contributed by atoms with Crippen LogP contribution in [0.15, 0.2) is 258 Å². The van der Waals surface area contributed by atoms with Gasteiger partial charge in [0.05, 0.1) is 84.0 Å². The van der Waals surface area contributed by atoms with Gasteiger partial charge in [0.1, 0.15) is 16.7 Å². The zero-order valence-corrected chi connectivity index (χ0v) is 87.8. The van der Waals surface area contributed by atoms with Gasteiger partial charge >= 0.3 is 71.8 Å².